The Bertz CT molecular complexity index is 678. The predicted octanol–water partition coefficient (Wildman–Crippen LogP) is 2.31. The molecule has 1 saturated heterocycles. The van der Waals surface area contributed by atoms with Gasteiger partial charge in [-0.1, -0.05) is 19.0 Å². The van der Waals surface area contributed by atoms with Gasteiger partial charge in [0.05, 0.1) is 6.54 Å². The fraction of sp³-hybridized carbons (Fsp3) is 0.647. The highest BCUT2D eigenvalue weighted by Crippen LogP contribution is 2.22. The molecule has 2 aromatic rings. The van der Waals surface area contributed by atoms with Crippen LogP contribution in [0.3, 0.4) is 0 Å². The molecule has 130 valence electrons. The number of aryl methyl sites for hydroxylation is 2. The normalized spacial score (nSPS) is 18.1. The average molecular weight is 330 g/mol. The number of likely N-dealkylation sites (N-methyl/N-ethyl adjacent to an activating group) is 1. The Labute approximate surface area is 143 Å². The molecule has 1 aliphatic heterocycles. The van der Waals surface area contributed by atoms with E-state index in [4.69, 9.17) is 4.52 Å². The highest BCUT2D eigenvalue weighted by Gasteiger charge is 2.27. The molecule has 1 aliphatic rings. The molecule has 0 amide bonds. The molecule has 3 rings (SSSR count). The number of aromatic nitrogens is 4. The Morgan fingerprint density at radius 2 is 2.08 bits per heavy atom. The lowest BCUT2D eigenvalue weighted by Gasteiger charge is -2.23. The lowest BCUT2D eigenvalue weighted by molar-refractivity contribution is 0.240. The van der Waals surface area contributed by atoms with Crippen LogP contribution in [0.4, 0.5) is 5.82 Å². The Balaban J connectivity index is 1.61. The van der Waals surface area contributed by atoms with Crippen LogP contribution < -0.4 is 4.90 Å². The predicted molar refractivity (Wildman–Crippen MR) is 92.0 cm³/mol. The zero-order valence-corrected chi connectivity index (χ0v) is 15.2. The smallest absolute Gasteiger partial charge is 0.229 e. The maximum Gasteiger partial charge on any atom is 0.229 e. The van der Waals surface area contributed by atoms with Crippen LogP contribution in [0.2, 0.25) is 0 Å². The molecule has 7 nitrogen and oxygen atoms in total. The number of anilines is 1. The minimum absolute atomic E-state index is 0.266. The first-order chi connectivity index (χ1) is 11.4. The lowest BCUT2D eigenvalue weighted by atomic mass is 10.2. The summed E-state index contributed by atoms with van der Waals surface area (Å²) in [5.41, 5.74) is 1.02. The van der Waals surface area contributed by atoms with Gasteiger partial charge in [-0.3, -0.25) is 4.90 Å². The molecule has 3 heterocycles. The van der Waals surface area contributed by atoms with E-state index in [1.54, 1.807) is 0 Å². The molecule has 0 N–H and O–H groups in total. The highest BCUT2D eigenvalue weighted by molar-refractivity contribution is 5.41. The quantitative estimate of drug-likeness (QED) is 0.833. The molecule has 24 heavy (non-hydrogen) atoms. The topological polar surface area (TPSA) is 71.2 Å². The standard InChI is InChI=1S/C17H26N6O/c1-11(2)17-20-15(21-24-17)10-22(5)14-6-7-23(9-14)16-8-12(3)18-13(4)19-16/h8,11,14H,6-7,9-10H2,1-5H3/t14-/m1/s1. The van der Waals surface area contributed by atoms with Gasteiger partial charge in [-0.15, -0.1) is 0 Å². The Kier molecular flexibility index (Phi) is 4.80. The van der Waals surface area contributed by atoms with Crippen LogP contribution in [0.15, 0.2) is 10.6 Å². The largest absolute Gasteiger partial charge is 0.355 e. The van der Waals surface area contributed by atoms with Crippen molar-refractivity contribution in [2.24, 2.45) is 0 Å². The molecule has 1 fully saturated rings. The molecular weight excluding hydrogens is 304 g/mol. The van der Waals surface area contributed by atoms with E-state index < -0.39 is 0 Å². The van der Waals surface area contributed by atoms with Crippen LogP contribution in [0.1, 0.15) is 49.4 Å². The number of hydrogen-bond donors (Lipinski definition) is 0. The van der Waals surface area contributed by atoms with Gasteiger partial charge in [0.15, 0.2) is 5.82 Å². The van der Waals surface area contributed by atoms with Crippen molar-refractivity contribution in [3.05, 3.63) is 29.3 Å². The van der Waals surface area contributed by atoms with Crippen LogP contribution in [-0.4, -0.2) is 51.2 Å². The molecule has 1 atom stereocenters. The van der Waals surface area contributed by atoms with Crippen molar-refractivity contribution in [1.29, 1.82) is 0 Å². The zero-order valence-electron chi connectivity index (χ0n) is 15.2. The van der Waals surface area contributed by atoms with Crippen molar-refractivity contribution in [2.45, 2.75) is 52.6 Å². The van der Waals surface area contributed by atoms with Gasteiger partial charge in [-0.05, 0) is 27.3 Å². The second-order valence-corrected chi connectivity index (χ2v) is 6.92. The van der Waals surface area contributed by atoms with Gasteiger partial charge in [0.1, 0.15) is 11.6 Å². The SMILES string of the molecule is Cc1cc(N2CC[C@@H](N(C)Cc3noc(C(C)C)n3)C2)nc(C)n1. The maximum atomic E-state index is 5.29. The third-order valence-electron chi connectivity index (χ3n) is 4.43. The Morgan fingerprint density at radius 3 is 2.75 bits per heavy atom. The summed E-state index contributed by atoms with van der Waals surface area (Å²) in [6.07, 6.45) is 1.10. The number of rotatable bonds is 5. The van der Waals surface area contributed by atoms with E-state index in [0.717, 1.165) is 42.7 Å². The third kappa shape index (κ3) is 3.72. The second kappa shape index (κ2) is 6.84. The van der Waals surface area contributed by atoms with Gasteiger partial charge >= 0.3 is 0 Å². The van der Waals surface area contributed by atoms with Crippen LogP contribution in [0.25, 0.3) is 0 Å². The fourth-order valence-corrected chi connectivity index (χ4v) is 3.09. The summed E-state index contributed by atoms with van der Waals surface area (Å²) in [7, 11) is 2.12. The summed E-state index contributed by atoms with van der Waals surface area (Å²) < 4.78 is 5.29. The maximum absolute atomic E-state index is 5.29. The van der Waals surface area contributed by atoms with Gasteiger partial charge in [0, 0.05) is 36.8 Å². The molecule has 0 spiro atoms. The van der Waals surface area contributed by atoms with Crippen LogP contribution in [0, 0.1) is 13.8 Å². The first-order valence-corrected chi connectivity index (χ1v) is 8.52. The van der Waals surface area contributed by atoms with E-state index in [-0.39, 0.29) is 5.92 Å². The van der Waals surface area contributed by atoms with Crippen LogP contribution >= 0.6 is 0 Å². The van der Waals surface area contributed by atoms with Crippen molar-refractivity contribution in [2.75, 3.05) is 25.0 Å². The molecule has 0 bridgehead atoms. The third-order valence-corrected chi connectivity index (χ3v) is 4.43. The van der Waals surface area contributed by atoms with Crippen molar-refractivity contribution >= 4 is 5.82 Å². The number of hydrogen-bond acceptors (Lipinski definition) is 7. The van der Waals surface area contributed by atoms with Gasteiger partial charge in [-0.25, -0.2) is 9.97 Å². The van der Waals surface area contributed by atoms with E-state index in [1.165, 1.54) is 0 Å². The second-order valence-electron chi connectivity index (χ2n) is 6.92. The summed E-state index contributed by atoms with van der Waals surface area (Å²) in [4.78, 5) is 18.0. The monoisotopic (exact) mass is 330 g/mol. The van der Waals surface area contributed by atoms with Crippen molar-refractivity contribution in [3.8, 4) is 0 Å². The molecule has 2 aromatic heterocycles. The average Bonchev–Trinajstić information content (AvgIpc) is 3.15. The van der Waals surface area contributed by atoms with Gasteiger partial charge in [-0.2, -0.15) is 4.98 Å². The van der Waals surface area contributed by atoms with Gasteiger partial charge in [0.25, 0.3) is 0 Å². The first-order valence-electron chi connectivity index (χ1n) is 8.52. The van der Waals surface area contributed by atoms with Gasteiger partial charge in [0.2, 0.25) is 5.89 Å². The molecular formula is C17H26N6O. The van der Waals surface area contributed by atoms with Crippen molar-refractivity contribution in [1.82, 2.24) is 25.0 Å². The van der Waals surface area contributed by atoms with E-state index in [0.29, 0.717) is 18.5 Å². The Morgan fingerprint density at radius 1 is 1.29 bits per heavy atom. The molecule has 0 saturated carbocycles. The minimum atomic E-state index is 0.266. The minimum Gasteiger partial charge on any atom is -0.355 e. The summed E-state index contributed by atoms with van der Waals surface area (Å²) in [6, 6.07) is 2.52. The summed E-state index contributed by atoms with van der Waals surface area (Å²) in [5, 5.41) is 4.09. The van der Waals surface area contributed by atoms with E-state index in [9.17, 15) is 0 Å². The zero-order chi connectivity index (χ0) is 17.3. The van der Waals surface area contributed by atoms with Crippen LogP contribution in [0.5, 0.6) is 0 Å². The summed E-state index contributed by atoms with van der Waals surface area (Å²) >= 11 is 0. The molecule has 7 heteroatoms. The Hall–Kier alpha value is -2.02. The molecule has 0 radical (unpaired) electrons. The molecule has 0 unspecified atom stereocenters. The first kappa shape index (κ1) is 16.8. The van der Waals surface area contributed by atoms with Crippen molar-refractivity contribution < 1.29 is 4.52 Å². The van der Waals surface area contributed by atoms with E-state index in [1.807, 2.05) is 13.8 Å². The van der Waals surface area contributed by atoms with E-state index in [2.05, 4.69) is 56.9 Å². The van der Waals surface area contributed by atoms with Crippen molar-refractivity contribution in [3.63, 3.8) is 0 Å². The number of nitrogens with zero attached hydrogens (tertiary/aromatic N) is 6. The van der Waals surface area contributed by atoms with Crippen LogP contribution in [-0.2, 0) is 6.54 Å². The lowest BCUT2D eigenvalue weighted by Crippen LogP contribution is -2.34. The van der Waals surface area contributed by atoms with Gasteiger partial charge < -0.3 is 9.42 Å². The summed E-state index contributed by atoms with van der Waals surface area (Å²) in [5.74, 6) is 3.59. The highest BCUT2D eigenvalue weighted by atomic mass is 16.5. The summed E-state index contributed by atoms with van der Waals surface area (Å²) in [6.45, 7) is 10.7. The molecule has 0 aromatic carbocycles. The van der Waals surface area contributed by atoms with E-state index >= 15 is 0 Å². The fourth-order valence-electron chi connectivity index (χ4n) is 3.09. The molecule has 0 aliphatic carbocycles.